The lowest BCUT2D eigenvalue weighted by molar-refractivity contribution is 0.103. The molecule has 2 aromatic carbocycles. The minimum absolute atomic E-state index is 0.0555. The van der Waals surface area contributed by atoms with Gasteiger partial charge in [0.15, 0.2) is 5.78 Å². The van der Waals surface area contributed by atoms with Gasteiger partial charge in [-0.15, -0.1) is 0 Å². The van der Waals surface area contributed by atoms with Crippen molar-refractivity contribution >= 4 is 68.1 Å². The average molecular weight is 399 g/mol. The number of carbonyl (C=O) groups excluding carboxylic acids is 1. The van der Waals surface area contributed by atoms with Gasteiger partial charge in [0, 0.05) is 10.0 Å². The fraction of sp³-hybridized carbons (Fsp3) is 0. The summed E-state index contributed by atoms with van der Waals surface area (Å²) in [7, 11) is 0. The second-order valence-electron chi connectivity index (χ2n) is 3.65. The zero-order chi connectivity index (χ0) is 14.2. The molecule has 0 N–H and O–H groups in total. The number of hydrogen-bond acceptors (Lipinski definition) is 1. The van der Waals surface area contributed by atoms with Crippen LogP contribution in [0.5, 0.6) is 0 Å². The van der Waals surface area contributed by atoms with Gasteiger partial charge in [0.2, 0.25) is 0 Å². The van der Waals surface area contributed by atoms with Gasteiger partial charge in [0.05, 0.1) is 25.7 Å². The highest BCUT2D eigenvalue weighted by molar-refractivity contribution is 9.10. The number of hydrogen-bond donors (Lipinski definition) is 0. The van der Waals surface area contributed by atoms with E-state index in [0.717, 1.165) is 0 Å². The van der Waals surface area contributed by atoms with Crippen molar-refractivity contribution in [3.8, 4) is 0 Å². The van der Waals surface area contributed by atoms with Crippen molar-refractivity contribution in [2.24, 2.45) is 0 Å². The van der Waals surface area contributed by atoms with Crippen molar-refractivity contribution in [1.82, 2.24) is 0 Å². The Balaban J connectivity index is 2.64. The lowest BCUT2D eigenvalue weighted by Crippen LogP contribution is -2.04. The molecule has 0 saturated carbocycles. The van der Waals surface area contributed by atoms with Gasteiger partial charge in [0.1, 0.15) is 0 Å². The first-order chi connectivity index (χ1) is 8.93. The first-order valence-electron chi connectivity index (χ1n) is 5.05. The molecule has 0 amide bonds. The van der Waals surface area contributed by atoms with Gasteiger partial charge in [-0.2, -0.15) is 0 Å². The highest BCUT2D eigenvalue weighted by Crippen LogP contribution is 2.39. The summed E-state index contributed by atoms with van der Waals surface area (Å²) in [5.74, 6) is -0.318. The molecule has 0 aromatic heterocycles. The molecular weight excluding hydrogens is 394 g/mol. The Morgan fingerprint density at radius 2 is 1.58 bits per heavy atom. The summed E-state index contributed by atoms with van der Waals surface area (Å²) >= 11 is 27.2. The number of benzene rings is 2. The molecule has 0 spiro atoms. The lowest BCUT2D eigenvalue weighted by atomic mass is 10.0. The predicted molar refractivity (Wildman–Crippen MR) is 84.1 cm³/mol. The van der Waals surface area contributed by atoms with Crippen molar-refractivity contribution in [1.29, 1.82) is 0 Å². The second kappa shape index (κ2) is 6.02. The Hall–Kier alpha value is -0.250. The third-order valence-corrected chi connectivity index (χ3v) is 4.71. The highest BCUT2D eigenvalue weighted by Gasteiger charge is 2.22. The van der Waals surface area contributed by atoms with Crippen molar-refractivity contribution < 1.29 is 4.79 Å². The molecule has 19 heavy (non-hydrogen) atoms. The largest absolute Gasteiger partial charge is 0.288 e. The summed E-state index contributed by atoms with van der Waals surface area (Å²) in [6.07, 6.45) is 0. The molecule has 0 unspecified atom stereocenters. The topological polar surface area (TPSA) is 17.1 Å². The zero-order valence-corrected chi connectivity index (χ0v) is 13.8. The van der Waals surface area contributed by atoms with Crippen molar-refractivity contribution in [3.63, 3.8) is 0 Å². The van der Waals surface area contributed by atoms with Crippen molar-refractivity contribution in [2.75, 3.05) is 0 Å². The molecule has 0 atom stereocenters. The molecule has 0 radical (unpaired) electrons. The minimum atomic E-state index is -0.318. The van der Waals surface area contributed by atoms with E-state index in [1.807, 2.05) is 0 Å². The molecular formula is C13H5BrCl4O. The third-order valence-electron chi connectivity index (χ3n) is 2.46. The molecule has 0 fully saturated rings. The zero-order valence-electron chi connectivity index (χ0n) is 9.18. The van der Waals surface area contributed by atoms with E-state index in [0.29, 0.717) is 10.0 Å². The molecule has 98 valence electrons. The quantitative estimate of drug-likeness (QED) is 0.330. The van der Waals surface area contributed by atoms with Crippen LogP contribution in [0.1, 0.15) is 15.9 Å². The SMILES string of the molecule is O=C(c1ccccc1Br)c1c(Cl)cc(Cl)c(Cl)c1Cl. The lowest BCUT2D eigenvalue weighted by Gasteiger charge is -2.10. The number of rotatable bonds is 2. The van der Waals surface area contributed by atoms with Gasteiger partial charge in [-0.3, -0.25) is 4.79 Å². The molecule has 0 saturated heterocycles. The van der Waals surface area contributed by atoms with Gasteiger partial charge in [-0.25, -0.2) is 0 Å². The molecule has 2 aromatic rings. The smallest absolute Gasteiger partial charge is 0.197 e. The van der Waals surface area contributed by atoms with E-state index < -0.39 is 0 Å². The monoisotopic (exact) mass is 396 g/mol. The van der Waals surface area contributed by atoms with Crippen LogP contribution >= 0.6 is 62.3 Å². The van der Waals surface area contributed by atoms with Crippen LogP contribution in [0.2, 0.25) is 20.1 Å². The van der Waals surface area contributed by atoms with E-state index in [1.54, 1.807) is 24.3 Å². The van der Waals surface area contributed by atoms with E-state index in [9.17, 15) is 4.79 Å². The van der Waals surface area contributed by atoms with Gasteiger partial charge in [-0.05, 0) is 18.2 Å². The van der Waals surface area contributed by atoms with E-state index in [2.05, 4.69) is 15.9 Å². The summed E-state index contributed by atoms with van der Waals surface area (Å²) in [4.78, 5) is 12.5. The van der Waals surface area contributed by atoms with E-state index >= 15 is 0 Å². The Labute approximate surface area is 138 Å². The maximum absolute atomic E-state index is 12.5. The molecule has 0 heterocycles. The molecule has 6 heteroatoms. The average Bonchev–Trinajstić information content (AvgIpc) is 2.36. The van der Waals surface area contributed by atoms with Crippen LogP contribution in [-0.2, 0) is 0 Å². The first-order valence-corrected chi connectivity index (χ1v) is 7.36. The van der Waals surface area contributed by atoms with Gasteiger partial charge < -0.3 is 0 Å². The standard InChI is InChI=1S/C13H5BrCl4O/c14-7-4-2-1-3-6(7)13(19)10-8(15)5-9(16)11(17)12(10)18/h1-5H. The Morgan fingerprint density at radius 3 is 2.21 bits per heavy atom. The second-order valence-corrected chi connectivity index (χ2v) is 6.08. The third kappa shape index (κ3) is 2.93. The summed E-state index contributed by atoms with van der Waals surface area (Å²) < 4.78 is 0.651. The van der Waals surface area contributed by atoms with Crippen LogP contribution in [0.4, 0.5) is 0 Å². The van der Waals surface area contributed by atoms with Gasteiger partial charge in [0.25, 0.3) is 0 Å². The predicted octanol–water partition coefficient (Wildman–Crippen LogP) is 6.29. The summed E-state index contributed by atoms with van der Waals surface area (Å²) in [6.45, 7) is 0. The Bertz CT molecular complexity index is 670. The molecule has 0 bridgehead atoms. The van der Waals surface area contributed by atoms with Crippen LogP contribution in [0.25, 0.3) is 0 Å². The summed E-state index contributed by atoms with van der Waals surface area (Å²) in [5, 5.41) is 0.545. The number of carbonyl (C=O) groups is 1. The van der Waals surface area contributed by atoms with Crippen molar-refractivity contribution in [3.05, 3.63) is 66.0 Å². The van der Waals surface area contributed by atoms with Crippen LogP contribution in [0.15, 0.2) is 34.8 Å². The first kappa shape index (κ1) is 15.1. The summed E-state index contributed by atoms with van der Waals surface area (Å²) in [6, 6.07) is 8.38. The minimum Gasteiger partial charge on any atom is -0.288 e. The van der Waals surface area contributed by atoms with E-state index in [4.69, 9.17) is 46.4 Å². The Morgan fingerprint density at radius 1 is 0.947 bits per heavy atom. The molecule has 2 rings (SSSR count). The van der Waals surface area contributed by atoms with Crippen LogP contribution in [0, 0.1) is 0 Å². The van der Waals surface area contributed by atoms with Gasteiger partial charge >= 0.3 is 0 Å². The molecule has 1 nitrogen and oxygen atoms in total. The number of ketones is 1. The summed E-state index contributed by atoms with van der Waals surface area (Å²) in [5.41, 5.74) is 0.592. The normalized spacial score (nSPS) is 10.6. The fourth-order valence-corrected chi connectivity index (χ4v) is 3.10. The maximum atomic E-state index is 12.5. The molecule has 0 aliphatic carbocycles. The van der Waals surface area contributed by atoms with Crippen LogP contribution in [0.3, 0.4) is 0 Å². The highest BCUT2D eigenvalue weighted by atomic mass is 79.9. The Kier molecular flexibility index (Phi) is 4.80. The molecule has 0 aliphatic heterocycles. The van der Waals surface area contributed by atoms with Crippen LogP contribution < -0.4 is 0 Å². The van der Waals surface area contributed by atoms with Gasteiger partial charge in [-0.1, -0.05) is 74.5 Å². The van der Waals surface area contributed by atoms with E-state index in [-0.39, 0.29) is 31.4 Å². The van der Waals surface area contributed by atoms with Crippen LogP contribution in [-0.4, -0.2) is 5.78 Å². The maximum Gasteiger partial charge on any atom is 0.197 e. The van der Waals surface area contributed by atoms with Crippen molar-refractivity contribution in [2.45, 2.75) is 0 Å². The van der Waals surface area contributed by atoms with E-state index in [1.165, 1.54) is 6.07 Å². The number of halogens is 5. The molecule has 0 aliphatic rings. The fourth-order valence-electron chi connectivity index (χ4n) is 1.55.